The zero-order chi connectivity index (χ0) is 13.8. The van der Waals surface area contributed by atoms with Gasteiger partial charge in [-0.1, -0.05) is 13.3 Å². The van der Waals surface area contributed by atoms with Gasteiger partial charge in [-0.2, -0.15) is 5.26 Å². The van der Waals surface area contributed by atoms with Gasteiger partial charge in [-0.15, -0.1) is 0 Å². The van der Waals surface area contributed by atoms with E-state index in [0.29, 0.717) is 30.3 Å². The molecule has 1 aromatic rings. The second-order valence-corrected chi connectivity index (χ2v) is 4.83. The molecule has 0 bridgehead atoms. The van der Waals surface area contributed by atoms with Crippen molar-refractivity contribution in [1.29, 1.82) is 5.26 Å². The van der Waals surface area contributed by atoms with Gasteiger partial charge in [0.25, 0.3) is 0 Å². The summed E-state index contributed by atoms with van der Waals surface area (Å²) in [5.41, 5.74) is 0.434. The Morgan fingerprint density at radius 1 is 1.68 bits per heavy atom. The molecule has 1 aliphatic heterocycles. The van der Waals surface area contributed by atoms with Crippen molar-refractivity contribution in [3.05, 3.63) is 23.9 Å². The SMILES string of the molecule is CCC1CCN(c2ncccc2C#N)C(C(=O)O)C1. The van der Waals surface area contributed by atoms with Crippen LogP contribution in [0.25, 0.3) is 0 Å². The molecule has 1 aromatic heterocycles. The third-order valence-corrected chi connectivity index (χ3v) is 3.75. The van der Waals surface area contributed by atoms with Crippen molar-refractivity contribution in [1.82, 2.24) is 4.98 Å². The molecular weight excluding hydrogens is 242 g/mol. The Morgan fingerprint density at radius 3 is 3.11 bits per heavy atom. The fraction of sp³-hybridized carbons (Fsp3) is 0.500. The zero-order valence-corrected chi connectivity index (χ0v) is 10.9. The lowest BCUT2D eigenvalue weighted by Gasteiger charge is -2.38. The van der Waals surface area contributed by atoms with Crippen molar-refractivity contribution in [3.8, 4) is 6.07 Å². The predicted octanol–water partition coefficient (Wildman–Crippen LogP) is 2.03. The second kappa shape index (κ2) is 5.70. The first-order chi connectivity index (χ1) is 9.17. The molecule has 100 valence electrons. The van der Waals surface area contributed by atoms with Crippen LogP contribution in [0.3, 0.4) is 0 Å². The number of carboxylic acid groups (broad SMARTS) is 1. The molecule has 2 unspecified atom stereocenters. The Morgan fingerprint density at radius 2 is 2.47 bits per heavy atom. The van der Waals surface area contributed by atoms with E-state index in [2.05, 4.69) is 18.0 Å². The fourth-order valence-corrected chi connectivity index (χ4v) is 2.61. The number of aliphatic carboxylic acids is 1. The summed E-state index contributed by atoms with van der Waals surface area (Å²) < 4.78 is 0. The zero-order valence-electron chi connectivity index (χ0n) is 10.9. The minimum absolute atomic E-state index is 0.434. The number of aromatic nitrogens is 1. The van der Waals surface area contributed by atoms with Crippen molar-refractivity contribution in [2.24, 2.45) is 5.92 Å². The second-order valence-electron chi connectivity index (χ2n) is 4.83. The number of nitrogens with zero attached hydrogens (tertiary/aromatic N) is 3. The lowest BCUT2D eigenvalue weighted by molar-refractivity contribution is -0.139. The van der Waals surface area contributed by atoms with E-state index in [9.17, 15) is 9.90 Å². The Kier molecular flexibility index (Phi) is 4.00. The van der Waals surface area contributed by atoms with Crippen LogP contribution in [0.15, 0.2) is 18.3 Å². The molecule has 0 amide bonds. The Hall–Kier alpha value is -2.09. The largest absolute Gasteiger partial charge is 0.480 e. The van der Waals surface area contributed by atoms with Crippen molar-refractivity contribution in [3.63, 3.8) is 0 Å². The van der Waals surface area contributed by atoms with Gasteiger partial charge in [-0.3, -0.25) is 0 Å². The van der Waals surface area contributed by atoms with Gasteiger partial charge in [0, 0.05) is 12.7 Å². The molecule has 2 heterocycles. The summed E-state index contributed by atoms with van der Waals surface area (Å²) in [5.74, 6) is 0.0891. The molecule has 2 atom stereocenters. The number of piperidine rings is 1. The van der Waals surface area contributed by atoms with Crippen molar-refractivity contribution in [2.45, 2.75) is 32.2 Å². The molecule has 1 N–H and O–H groups in total. The van der Waals surface area contributed by atoms with E-state index in [-0.39, 0.29) is 0 Å². The average molecular weight is 259 g/mol. The number of carbonyl (C=O) groups is 1. The average Bonchev–Trinajstić information content (AvgIpc) is 2.46. The summed E-state index contributed by atoms with van der Waals surface area (Å²) in [7, 11) is 0. The highest BCUT2D eigenvalue weighted by Gasteiger charge is 2.34. The number of rotatable bonds is 3. The lowest BCUT2D eigenvalue weighted by atomic mass is 9.88. The predicted molar refractivity (Wildman–Crippen MR) is 70.7 cm³/mol. The minimum Gasteiger partial charge on any atom is -0.480 e. The van der Waals surface area contributed by atoms with Crippen LogP contribution in [-0.2, 0) is 4.79 Å². The van der Waals surface area contributed by atoms with Crippen LogP contribution < -0.4 is 4.90 Å². The monoisotopic (exact) mass is 259 g/mol. The van der Waals surface area contributed by atoms with Crippen molar-refractivity contribution >= 4 is 11.8 Å². The molecule has 0 spiro atoms. The third-order valence-electron chi connectivity index (χ3n) is 3.75. The number of hydrogen-bond donors (Lipinski definition) is 1. The quantitative estimate of drug-likeness (QED) is 0.898. The van der Waals surface area contributed by atoms with E-state index in [4.69, 9.17) is 5.26 Å². The lowest BCUT2D eigenvalue weighted by Crippen LogP contribution is -2.48. The first kappa shape index (κ1) is 13.3. The van der Waals surface area contributed by atoms with Crippen LogP contribution in [0.1, 0.15) is 31.7 Å². The van der Waals surface area contributed by atoms with Crippen molar-refractivity contribution in [2.75, 3.05) is 11.4 Å². The maximum Gasteiger partial charge on any atom is 0.326 e. The number of hydrogen-bond acceptors (Lipinski definition) is 4. The molecule has 5 nitrogen and oxygen atoms in total. The molecule has 1 saturated heterocycles. The van der Waals surface area contributed by atoms with E-state index in [1.807, 2.05) is 0 Å². The molecule has 0 radical (unpaired) electrons. The van der Waals surface area contributed by atoms with E-state index >= 15 is 0 Å². The van der Waals surface area contributed by atoms with Gasteiger partial charge in [0.2, 0.25) is 0 Å². The van der Waals surface area contributed by atoms with Gasteiger partial charge in [0.15, 0.2) is 0 Å². The van der Waals surface area contributed by atoms with Crippen molar-refractivity contribution < 1.29 is 9.90 Å². The molecular formula is C14H17N3O2. The normalized spacial score (nSPS) is 22.8. The summed E-state index contributed by atoms with van der Waals surface area (Å²) in [6.07, 6.45) is 4.15. The van der Waals surface area contributed by atoms with Gasteiger partial charge in [-0.25, -0.2) is 9.78 Å². The molecule has 1 fully saturated rings. The van der Waals surface area contributed by atoms with Crippen LogP contribution in [0.2, 0.25) is 0 Å². The first-order valence-corrected chi connectivity index (χ1v) is 6.52. The Bertz CT molecular complexity index is 510. The summed E-state index contributed by atoms with van der Waals surface area (Å²) in [6.45, 7) is 2.72. The first-order valence-electron chi connectivity index (χ1n) is 6.52. The topological polar surface area (TPSA) is 77.2 Å². The summed E-state index contributed by atoms with van der Waals surface area (Å²) in [6, 6.07) is 4.86. The van der Waals surface area contributed by atoms with E-state index in [0.717, 1.165) is 12.8 Å². The van der Waals surface area contributed by atoms with Gasteiger partial charge >= 0.3 is 5.97 Å². The molecule has 5 heteroatoms. The highest BCUT2D eigenvalue weighted by Crippen LogP contribution is 2.30. The van der Waals surface area contributed by atoms with Crippen LogP contribution in [0, 0.1) is 17.2 Å². The summed E-state index contributed by atoms with van der Waals surface area (Å²) >= 11 is 0. The molecule has 2 rings (SSSR count). The Labute approximate surface area is 112 Å². The smallest absolute Gasteiger partial charge is 0.326 e. The minimum atomic E-state index is -0.840. The number of pyridine rings is 1. The Balaban J connectivity index is 2.32. The van der Waals surface area contributed by atoms with Gasteiger partial charge in [0.1, 0.15) is 17.9 Å². The maximum atomic E-state index is 11.4. The maximum absolute atomic E-state index is 11.4. The molecule has 0 saturated carbocycles. The molecule has 1 aliphatic rings. The number of nitriles is 1. The number of carboxylic acids is 1. The standard InChI is InChI=1S/C14H17N3O2/c1-2-10-5-7-17(12(8-10)14(18)19)13-11(9-15)4-3-6-16-13/h3-4,6,10,12H,2,5,7-8H2,1H3,(H,18,19). The fourth-order valence-electron chi connectivity index (χ4n) is 2.61. The molecule has 0 aliphatic carbocycles. The van der Waals surface area contributed by atoms with Crippen LogP contribution in [0.5, 0.6) is 0 Å². The number of anilines is 1. The van der Waals surface area contributed by atoms with Gasteiger partial charge < -0.3 is 10.0 Å². The van der Waals surface area contributed by atoms with Crippen LogP contribution >= 0.6 is 0 Å². The van der Waals surface area contributed by atoms with E-state index in [1.165, 1.54) is 0 Å². The van der Waals surface area contributed by atoms with Gasteiger partial charge in [0.05, 0.1) is 5.56 Å². The van der Waals surface area contributed by atoms with Gasteiger partial charge in [-0.05, 0) is 30.9 Å². The highest BCUT2D eigenvalue weighted by atomic mass is 16.4. The third kappa shape index (κ3) is 2.68. The van der Waals surface area contributed by atoms with E-state index < -0.39 is 12.0 Å². The van der Waals surface area contributed by atoms with E-state index in [1.54, 1.807) is 23.2 Å². The van der Waals surface area contributed by atoms with Crippen LogP contribution in [0.4, 0.5) is 5.82 Å². The molecule has 0 aromatic carbocycles. The highest BCUT2D eigenvalue weighted by molar-refractivity contribution is 5.78. The van der Waals surface area contributed by atoms with Crippen LogP contribution in [-0.4, -0.2) is 28.6 Å². The summed E-state index contributed by atoms with van der Waals surface area (Å²) in [4.78, 5) is 17.4. The summed E-state index contributed by atoms with van der Waals surface area (Å²) in [5, 5.41) is 18.5. The molecule has 19 heavy (non-hydrogen) atoms.